The summed E-state index contributed by atoms with van der Waals surface area (Å²) in [5.41, 5.74) is 3.11. The molecule has 0 saturated heterocycles. The van der Waals surface area contributed by atoms with Gasteiger partial charge in [0.05, 0.1) is 24.6 Å². The average Bonchev–Trinajstić information content (AvgIpc) is 2.92. The second-order valence-electron chi connectivity index (χ2n) is 4.58. The standard InChI is InChI=1S/C15H13N3O3/c1-9-12(15(19)20)7-16-14-13(8-17-18(9)14)10-3-5-11(21-2)6-4-10/h3-8H,1-2H3,(H,19,20). The largest absolute Gasteiger partial charge is 0.497 e. The van der Waals surface area contributed by atoms with Crippen LogP contribution in [0.1, 0.15) is 16.1 Å². The number of fused-ring (bicyclic) bond motifs is 1. The van der Waals surface area contributed by atoms with Gasteiger partial charge in [0.25, 0.3) is 0 Å². The minimum Gasteiger partial charge on any atom is -0.497 e. The molecule has 0 aliphatic carbocycles. The molecule has 0 aliphatic heterocycles. The molecule has 6 nitrogen and oxygen atoms in total. The minimum atomic E-state index is -1.01. The van der Waals surface area contributed by atoms with Gasteiger partial charge in [-0.1, -0.05) is 12.1 Å². The van der Waals surface area contributed by atoms with Crippen LogP contribution in [0, 0.1) is 6.92 Å². The number of rotatable bonds is 3. The van der Waals surface area contributed by atoms with Crippen molar-refractivity contribution in [3.05, 3.63) is 47.9 Å². The van der Waals surface area contributed by atoms with Crippen LogP contribution in [-0.4, -0.2) is 32.8 Å². The van der Waals surface area contributed by atoms with E-state index in [0.29, 0.717) is 11.3 Å². The molecule has 0 amide bonds. The second kappa shape index (κ2) is 4.90. The van der Waals surface area contributed by atoms with Gasteiger partial charge < -0.3 is 9.84 Å². The Bertz CT molecular complexity index is 822. The van der Waals surface area contributed by atoms with Gasteiger partial charge in [0.2, 0.25) is 0 Å². The third kappa shape index (κ3) is 2.10. The van der Waals surface area contributed by atoms with Crippen molar-refractivity contribution < 1.29 is 14.6 Å². The summed E-state index contributed by atoms with van der Waals surface area (Å²) < 4.78 is 6.68. The van der Waals surface area contributed by atoms with Gasteiger partial charge in [-0.3, -0.25) is 0 Å². The number of hydrogen-bond acceptors (Lipinski definition) is 4. The van der Waals surface area contributed by atoms with E-state index in [2.05, 4.69) is 10.1 Å². The molecule has 1 aromatic carbocycles. The fraction of sp³-hybridized carbons (Fsp3) is 0.133. The van der Waals surface area contributed by atoms with Crippen LogP contribution in [0.5, 0.6) is 5.75 Å². The number of methoxy groups -OCH3 is 1. The van der Waals surface area contributed by atoms with Gasteiger partial charge in [-0.2, -0.15) is 5.10 Å². The number of benzene rings is 1. The van der Waals surface area contributed by atoms with E-state index < -0.39 is 5.97 Å². The monoisotopic (exact) mass is 283 g/mol. The van der Waals surface area contributed by atoms with E-state index in [1.54, 1.807) is 24.7 Å². The van der Waals surface area contributed by atoms with E-state index in [1.807, 2.05) is 24.3 Å². The van der Waals surface area contributed by atoms with Gasteiger partial charge in [-0.15, -0.1) is 0 Å². The molecule has 0 unspecified atom stereocenters. The van der Waals surface area contributed by atoms with Crippen LogP contribution >= 0.6 is 0 Å². The lowest BCUT2D eigenvalue weighted by molar-refractivity contribution is 0.0695. The lowest BCUT2D eigenvalue weighted by Gasteiger charge is -2.05. The maximum atomic E-state index is 11.1. The van der Waals surface area contributed by atoms with Gasteiger partial charge in [-0.05, 0) is 24.6 Å². The molecule has 0 fully saturated rings. The van der Waals surface area contributed by atoms with Crippen LogP contribution in [0.3, 0.4) is 0 Å². The fourth-order valence-corrected chi connectivity index (χ4v) is 2.23. The minimum absolute atomic E-state index is 0.145. The summed E-state index contributed by atoms with van der Waals surface area (Å²) in [6.45, 7) is 1.71. The van der Waals surface area contributed by atoms with Crippen LogP contribution < -0.4 is 4.74 Å². The first-order chi connectivity index (χ1) is 10.1. The third-order valence-electron chi connectivity index (χ3n) is 3.40. The van der Waals surface area contributed by atoms with E-state index in [1.165, 1.54) is 6.20 Å². The van der Waals surface area contributed by atoms with Crippen LogP contribution in [0.25, 0.3) is 16.8 Å². The van der Waals surface area contributed by atoms with E-state index in [4.69, 9.17) is 9.84 Å². The number of hydrogen-bond donors (Lipinski definition) is 1. The summed E-state index contributed by atoms with van der Waals surface area (Å²) in [4.78, 5) is 15.3. The molecule has 2 aromatic heterocycles. The summed E-state index contributed by atoms with van der Waals surface area (Å²) in [7, 11) is 1.61. The number of carboxylic acids is 1. The zero-order chi connectivity index (χ0) is 15.0. The van der Waals surface area contributed by atoms with E-state index in [9.17, 15) is 4.79 Å². The molecule has 2 heterocycles. The smallest absolute Gasteiger partial charge is 0.339 e. The lowest BCUT2D eigenvalue weighted by Crippen LogP contribution is -2.06. The molecule has 0 bridgehead atoms. The topological polar surface area (TPSA) is 76.7 Å². The van der Waals surface area contributed by atoms with Crippen molar-refractivity contribution >= 4 is 11.6 Å². The predicted molar refractivity (Wildman–Crippen MR) is 76.7 cm³/mol. The SMILES string of the molecule is COc1ccc(-c2cnn3c(C)c(C(=O)O)cnc23)cc1. The van der Waals surface area contributed by atoms with Gasteiger partial charge in [0.1, 0.15) is 5.75 Å². The Morgan fingerprint density at radius 1 is 1.24 bits per heavy atom. The second-order valence-corrected chi connectivity index (χ2v) is 4.58. The Labute approximate surface area is 120 Å². The number of aryl methyl sites for hydroxylation is 1. The zero-order valence-corrected chi connectivity index (χ0v) is 11.6. The molecule has 0 saturated carbocycles. The summed E-state index contributed by atoms with van der Waals surface area (Å²) in [5, 5.41) is 13.4. The normalized spacial score (nSPS) is 10.8. The van der Waals surface area contributed by atoms with E-state index >= 15 is 0 Å². The predicted octanol–water partition coefficient (Wildman–Crippen LogP) is 2.41. The first kappa shape index (κ1) is 13.1. The van der Waals surface area contributed by atoms with Crippen molar-refractivity contribution in [1.29, 1.82) is 0 Å². The molecule has 0 atom stereocenters. The number of nitrogens with zero attached hydrogens (tertiary/aromatic N) is 3. The molecule has 21 heavy (non-hydrogen) atoms. The van der Waals surface area contributed by atoms with Crippen molar-refractivity contribution in [2.45, 2.75) is 6.92 Å². The highest BCUT2D eigenvalue weighted by Gasteiger charge is 2.15. The molecule has 0 spiro atoms. The maximum absolute atomic E-state index is 11.1. The molecule has 106 valence electrons. The molecule has 0 aliphatic rings. The number of aromatic carboxylic acids is 1. The van der Waals surface area contributed by atoms with Gasteiger partial charge in [-0.25, -0.2) is 14.3 Å². The summed E-state index contributed by atoms with van der Waals surface area (Å²) in [6, 6.07) is 7.55. The first-order valence-corrected chi connectivity index (χ1v) is 6.33. The highest BCUT2D eigenvalue weighted by Crippen LogP contribution is 2.26. The highest BCUT2D eigenvalue weighted by atomic mass is 16.5. The molecule has 6 heteroatoms. The van der Waals surface area contributed by atoms with Gasteiger partial charge in [0.15, 0.2) is 5.65 Å². The van der Waals surface area contributed by atoms with Gasteiger partial charge >= 0.3 is 5.97 Å². The molecule has 1 N–H and O–H groups in total. The maximum Gasteiger partial charge on any atom is 0.339 e. The van der Waals surface area contributed by atoms with Crippen molar-refractivity contribution in [3.8, 4) is 16.9 Å². The van der Waals surface area contributed by atoms with Gasteiger partial charge in [0, 0.05) is 11.8 Å². The van der Waals surface area contributed by atoms with Crippen LogP contribution in [0.4, 0.5) is 0 Å². The average molecular weight is 283 g/mol. The number of ether oxygens (including phenoxy) is 1. The molecule has 3 aromatic rings. The van der Waals surface area contributed by atoms with Crippen molar-refractivity contribution in [3.63, 3.8) is 0 Å². The summed E-state index contributed by atoms with van der Waals surface area (Å²) in [6.07, 6.45) is 3.05. The Hall–Kier alpha value is -2.89. The molecular formula is C15H13N3O3. The summed E-state index contributed by atoms with van der Waals surface area (Å²) in [5.74, 6) is -0.240. The van der Waals surface area contributed by atoms with E-state index in [-0.39, 0.29) is 5.56 Å². The lowest BCUT2D eigenvalue weighted by atomic mass is 10.1. The Morgan fingerprint density at radius 2 is 1.95 bits per heavy atom. The molecule has 3 rings (SSSR count). The highest BCUT2D eigenvalue weighted by molar-refractivity contribution is 5.89. The Balaban J connectivity index is 2.16. The van der Waals surface area contributed by atoms with Crippen molar-refractivity contribution in [2.75, 3.05) is 7.11 Å². The zero-order valence-electron chi connectivity index (χ0n) is 11.6. The third-order valence-corrected chi connectivity index (χ3v) is 3.40. The van der Waals surface area contributed by atoms with Crippen LogP contribution in [0.2, 0.25) is 0 Å². The Morgan fingerprint density at radius 3 is 2.57 bits per heavy atom. The Kier molecular flexibility index (Phi) is 3.06. The quantitative estimate of drug-likeness (QED) is 0.798. The molecular weight excluding hydrogens is 270 g/mol. The first-order valence-electron chi connectivity index (χ1n) is 6.33. The van der Waals surface area contributed by atoms with Crippen molar-refractivity contribution in [2.24, 2.45) is 0 Å². The number of aromatic nitrogens is 3. The van der Waals surface area contributed by atoms with E-state index in [0.717, 1.165) is 16.9 Å². The van der Waals surface area contributed by atoms with Crippen molar-refractivity contribution in [1.82, 2.24) is 14.6 Å². The van der Waals surface area contributed by atoms with Crippen LogP contribution in [0.15, 0.2) is 36.7 Å². The molecule has 0 radical (unpaired) electrons. The fourth-order valence-electron chi connectivity index (χ4n) is 2.23. The van der Waals surface area contributed by atoms with Crippen LogP contribution in [-0.2, 0) is 0 Å². The number of carboxylic acid groups (broad SMARTS) is 1. The summed E-state index contributed by atoms with van der Waals surface area (Å²) >= 11 is 0. The number of carbonyl (C=O) groups is 1.